The van der Waals surface area contributed by atoms with E-state index in [1.165, 1.54) is 4.90 Å². The van der Waals surface area contributed by atoms with Crippen LogP contribution in [0.25, 0.3) is 0 Å². The van der Waals surface area contributed by atoms with Crippen LogP contribution in [0.4, 0.5) is 0 Å². The first-order valence-corrected chi connectivity index (χ1v) is 8.09. The number of carboxylic acid groups (broad SMARTS) is 1. The van der Waals surface area contributed by atoms with Crippen LogP contribution in [0.1, 0.15) is 16.7 Å². The molecule has 1 amide bonds. The van der Waals surface area contributed by atoms with E-state index in [1.54, 1.807) is 18.2 Å². The first kappa shape index (κ1) is 15.5. The Morgan fingerprint density at radius 2 is 1.84 bits per heavy atom. The lowest BCUT2D eigenvalue weighted by Gasteiger charge is -2.34. The zero-order valence-corrected chi connectivity index (χ0v) is 13.5. The van der Waals surface area contributed by atoms with E-state index in [9.17, 15) is 14.7 Å². The molecule has 2 heterocycles. The van der Waals surface area contributed by atoms with Gasteiger partial charge >= 0.3 is 5.97 Å². The van der Waals surface area contributed by atoms with E-state index in [-0.39, 0.29) is 19.1 Å². The Hall–Kier alpha value is -3.02. The maximum atomic E-state index is 12.8. The normalized spacial score (nSPS) is 17.9. The fraction of sp³-hybridized carbons (Fsp3) is 0.263. The standard InChI is InChI=1S/C19H17NO5/c21-18(8-12-5-6-16-17(7-12)25-11-24-16)20-10-14-4-2-1-3-13(14)9-15(20)19(22)23/h1-7,15H,8-11H2,(H,22,23)/t15-/m1/s1. The first-order valence-electron chi connectivity index (χ1n) is 8.09. The SMILES string of the molecule is O=C(O)[C@H]1Cc2ccccc2CN1C(=O)Cc1ccc2c(c1)OCO2. The molecule has 0 spiro atoms. The molecule has 1 N–H and O–H groups in total. The van der Waals surface area contributed by atoms with Gasteiger partial charge in [-0.1, -0.05) is 30.3 Å². The molecule has 2 aromatic carbocycles. The Kier molecular flexibility index (Phi) is 3.80. The molecule has 0 saturated carbocycles. The number of hydrogen-bond acceptors (Lipinski definition) is 4. The van der Waals surface area contributed by atoms with Crippen molar-refractivity contribution in [2.45, 2.75) is 25.4 Å². The van der Waals surface area contributed by atoms with Gasteiger partial charge in [0.25, 0.3) is 0 Å². The van der Waals surface area contributed by atoms with Crippen molar-refractivity contribution in [3.8, 4) is 11.5 Å². The molecule has 0 bridgehead atoms. The molecule has 0 aromatic heterocycles. The van der Waals surface area contributed by atoms with Crippen molar-refractivity contribution in [3.05, 3.63) is 59.2 Å². The third kappa shape index (κ3) is 2.91. The second-order valence-corrected chi connectivity index (χ2v) is 6.21. The second-order valence-electron chi connectivity index (χ2n) is 6.21. The van der Waals surface area contributed by atoms with Gasteiger partial charge in [-0.3, -0.25) is 4.79 Å². The number of aliphatic carboxylic acids is 1. The number of carboxylic acids is 1. The van der Waals surface area contributed by atoms with Crippen LogP contribution in [0, 0.1) is 0 Å². The van der Waals surface area contributed by atoms with Gasteiger partial charge in [0, 0.05) is 13.0 Å². The number of carbonyl (C=O) groups excluding carboxylic acids is 1. The van der Waals surface area contributed by atoms with Crippen LogP contribution in [0.5, 0.6) is 11.5 Å². The van der Waals surface area contributed by atoms with Crippen LogP contribution in [0.15, 0.2) is 42.5 Å². The summed E-state index contributed by atoms with van der Waals surface area (Å²) in [5.41, 5.74) is 2.76. The van der Waals surface area contributed by atoms with Crippen molar-refractivity contribution < 1.29 is 24.2 Å². The molecular formula is C19H17NO5. The van der Waals surface area contributed by atoms with Gasteiger partial charge in [-0.25, -0.2) is 4.79 Å². The van der Waals surface area contributed by atoms with E-state index < -0.39 is 12.0 Å². The Bertz CT molecular complexity index is 847. The van der Waals surface area contributed by atoms with Crippen molar-refractivity contribution in [3.63, 3.8) is 0 Å². The third-order valence-electron chi connectivity index (χ3n) is 4.65. The molecule has 128 valence electrons. The summed E-state index contributed by atoms with van der Waals surface area (Å²) >= 11 is 0. The van der Waals surface area contributed by atoms with Crippen LogP contribution in [0.2, 0.25) is 0 Å². The maximum absolute atomic E-state index is 12.8. The summed E-state index contributed by atoms with van der Waals surface area (Å²) in [5.74, 6) is 0.0879. The number of carbonyl (C=O) groups is 2. The molecule has 0 radical (unpaired) electrons. The highest BCUT2D eigenvalue weighted by Gasteiger charge is 2.34. The highest BCUT2D eigenvalue weighted by Crippen LogP contribution is 2.33. The van der Waals surface area contributed by atoms with E-state index >= 15 is 0 Å². The highest BCUT2D eigenvalue weighted by atomic mass is 16.7. The van der Waals surface area contributed by atoms with E-state index in [1.807, 2.05) is 24.3 Å². The van der Waals surface area contributed by atoms with Crippen LogP contribution >= 0.6 is 0 Å². The Balaban J connectivity index is 1.56. The smallest absolute Gasteiger partial charge is 0.326 e. The maximum Gasteiger partial charge on any atom is 0.326 e. The molecular weight excluding hydrogens is 322 g/mol. The van der Waals surface area contributed by atoms with Crippen molar-refractivity contribution in [2.75, 3.05) is 6.79 Å². The van der Waals surface area contributed by atoms with E-state index in [4.69, 9.17) is 9.47 Å². The molecule has 0 aliphatic carbocycles. The number of hydrogen-bond donors (Lipinski definition) is 1. The lowest BCUT2D eigenvalue weighted by atomic mass is 9.93. The van der Waals surface area contributed by atoms with E-state index in [0.29, 0.717) is 24.5 Å². The number of benzene rings is 2. The Morgan fingerprint density at radius 3 is 2.64 bits per heavy atom. The van der Waals surface area contributed by atoms with Gasteiger partial charge < -0.3 is 19.5 Å². The summed E-state index contributed by atoms with van der Waals surface area (Å²) in [6, 6.07) is 12.2. The largest absolute Gasteiger partial charge is 0.480 e. The molecule has 0 saturated heterocycles. The lowest BCUT2D eigenvalue weighted by molar-refractivity contribution is -0.151. The monoisotopic (exact) mass is 339 g/mol. The van der Waals surface area contributed by atoms with Crippen LogP contribution in [-0.2, 0) is 29.0 Å². The molecule has 6 heteroatoms. The fourth-order valence-electron chi connectivity index (χ4n) is 3.33. The molecule has 2 aliphatic heterocycles. The minimum atomic E-state index is -0.978. The Morgan fingerprint density at radius 1 is 1.08 bits per heavy atom. The third-order valence-corrected chi connectivity index (χ3v) is 4.65. The average molecular weight is 339 g/mol. The van der Waals surface area contributed by atoms with Crippen LogP contribution in [0.3, 0.4) is 0 Å². The number of rotatable bonds is 3. The number of ether oxygens (including phenoxy) is 2. The molecule has 4 rings (SSSR count). The minimum Gasteiger partial charge on any atom is -0.480 e. The predicted octanol–water partition coefficient (Wildman–Crippen LogP) is 2.00. The summed E-state index contributed by atoms with van der Waals surface area (Å²) in [6.45, 7) is 0.493. The zero-order valence-electron chi connectivity index (χ0n) is 13.5. The van der Waals surface area contributed by atoms with Gasteiger partial charge in [-0.15, -0.1) is 0 Å². The van der Waals surface area contributed by atoms with Crippen LogP contribution < -0.4 is 9.47 Å². The lowest BCUT2D eigenvalue weighted by Crippen LogP contribution is -2.49. The average Bonchev–Trinajstić information content (AvgIpc) is 3.08. The topological polar surface area (TPSA) is 76.1 Å². The van der Waals surface area contributed by atoms with E-state index in [2.05, 4.69) is 0 Å². The van der Waals surface area contributed by atoms with Gasteiger partial charge in [0.15, 0.2) is 11.5 Å². The molecule has 6 nitrogen and oxygen atoms in total. The van der Waals surface area contributed by atoms with Gasteiger partial charge in [-0.2, -0.15) is 0 Å². The van der Waals surface area contributed by atoms with Gasteiger partial charge in [-0.05, 0) is 28.8 Å². The van der Waals surface area contributed by atoms with Crippen LogP contribution in [-0.4, -0.2) is 34.7 Å². The quantitative estimate of drug-likeness (QED) is 0.926. The number of fused-ring (bicyclic) bond motifs is 2. The highest BCUT2D eigenvalue weighted by molar-refractivity contribution is 5.86. The van der Waals surface area contributed by atoms with E-state index in [0.717, 1.165) is 16.7 Å². The molecule has 1 atom stereocenters. The van der Waals surface area contributed by atoms with Gasteiger partial charge in [0.05, 0.1) is 6.42 Å². The Labute approximate surface area is 144 Å². The van der Waals surface area contributed by atoms with Crippen molar-refractivity contribution >= 4 is 11.9 Å². The summed E-state index contributed by atoms with van der Waals surface area (Å²) in [5, 5.41) is 9.55. The first-order chi connectivity index (χ1) is 12.1. The van der Waals surface area contributed by atoms with Gasteiger partial charge in [0.1, 0.15) is 6.04 Å². The summed E-state index contributed by atoms with van der Waals surface area (Å²) in [6.07, 6.45) is 0.459. The summed E-state index contributed by atoms with van der Waals surface area (Å²) < 4.78 is 10.6. The molecule has 0 fully saturated rings. The van der Waals surface area contributed by atoms with Crippen molar-refractivity contribution in [2.24, 2.45) is 0 Å². The molecule has 25 heavy (non-hydrogen) atoms. The van der Waals surface area contributed by atoms with Crippen molar-refractivity contribution in [1.29, 1.82) is 0 Å². The van der Waals surface area contributed by atoms with Gasteiger partial charge in [0.2, 0.25) is 12.7 Å². The molecule has 0 unspecified atom stereocenters. The molecule has 2 aromatic rings. The molecule has 2 aliphatic rings. The summed E-state index contributed by atoms with van der Waals surface area (Å²) in [4.78, 5) is 25.9. The summed E-state index contributed by atoms with van der Waals surface area (Å²) in [7, 11) is 0. The predicted molar refractivity (Wildman–Crippen MR) is 88.4 cm³/mol. The van der Waals surface area contributed by atoms with Crippen molar-refractivity contribution in [1.82, 2.24) is 4.90 Å². The zero-order chi connectivity index (χ0) is 17.4. The minimum absolute atomic E-state index is 0.128. The second kappa shape index (κ2) is 6.12. The number of nitrogens with zero attached hydrogens (tertiary/aromatic N) is 1. The fourth-order valence-corrected chi connectivity index (χ4v) is 3.33. The number of amides is 1.